The van der Waals surface area contributed by atoms with Crippen molar-refractivity contribution in [1.82, 2.24) is 19.5 Å². The lowest BCUT2D eigenvalue weighted by Gasteiger charge is -2.13. The molecule has 3 atom stereocenters. The average Bonchev–Trinajstić information content (AvgIpc) is 3.25. The Labute approximate surface area is 125 Å². The van der Waals surface area contributed by atoms with Gasteiger partial charge in [0.2, 0.25) is 0 Å². The zero-order valence-electron chi connectivity index (χ0n) is 11.5. The lowest BCUT2D eigenvalue weighted by atomic mass is 10.2. The molecular weight excluding hydrogens is 288 g/mol. The molecule has 0 radical (unpaired) electrons. The topological polar surface area (TPSA) is 106 Å². The first-order chi connectivity index (χ1) is 10.8. The van der Waals surface area contributed by atoms with Crippen LogP contribution < -0.4 is 0 Å². The van der Waals surface area contributed by atoms with E-state index in [0.29, 0.717) is 29.0 Å². The highest BCUT2D eigenvalue weighted by molar-refractivity contribution is 5.85. The Hall–Kier alpha value is -2.29. The molecule has 0 unspecified atom stereocenters. The normalized spacial score (nSPS) is 25.1. The third-order valence-electron chi connectivity index (χ3n) is 3.81. The predicted octanol–water partition coefficient (Wildman–Crippen LogP) is 0.727. The van der Waals surface area contributed by atoms with Gasteiger partial charge in [0.25, 0.3) is 0 Å². The van der Waals surface area contributed by atoms with Crippen molar-refractivity contribution < 1.29 is 19.4 Å². The van der Waals surface area contributed by atoms with Gasteiger partial charge in [0, 0.05) is 6.42 Å². The fourth-order valence-corrected chi connectivity index (χ4v) is 2.71. The first-order valence-corrected chi connectivity index (χ1v) is 6.93. The maximum Gasteiger partial charge on any atom is 0.166 e. The Morgan fingerprint density at radius 1 is 1.32 bits per heavy atom. The van der Waals surface area contributed by atoms with E-state index < -0.39 is 18.4 Å². The molecule has 2 N–H and O–H groups in total. The maximum atomic E-state index is 9.87. The number of aromatic nitrogens is 4. The van der Waals surface area contributed by atoms with Gasteiger partial charge in [-0.05, 0) is 12.1 Å². The van der Waals surface area contributed by atoms with Crippen LogP contribution in [0.1, 0.15) is 12.6 Å². The Morgan fingerprint density at radius 3 is 2.95 bits per heavy atom. The fraction of sp³-hybridized carbons (Fsp3) is 0.357. The van der Waals surface area contributed by atoms with E-state index >= 15 is 0 Å². The number of ether oxygens (including phenoxy) is 1. The van der Waals surface area contributed by atoms with Crippen molar-refractivity contribution in [2.75, 3.05) is 6.61 Å². The second kappa shape index (κ2) is 5.16. The van der Waals surface area contributed by atoms with Gasteiger partial charge in [0.05, 0.1) is 25.3 Å². The van der Waals surface area contributed by atoms with E-state index in [1.165, 1.54) is 6.33 Å². The van der Waals surface area contributed by atoms with Crippen LogP contribution in [0.3, 0.4) is 0 Å². The number of aliphatic hydroxyl groups excluding tert-OH is 2. The summed E-state index contributed by atoms with van der Waals surface area (Å²) in [5.41, 5.74) is 1.80. The second-order valence-corrected chi connectivity index (χ2v) is 5.14. The molecule has 3 aromatic heterocycles. The molecule has 8 heteroatoms. The highest BCUT2D eigenvalue weighted by atomic mass is 16.5. The van der Waals surface area contributed by atoms with Crippen LogP contribution >= 0.6 is 0 Å². The third-order valence-corrected chi connectivity index (χ3v) is 3.81. The monoisotopic (exact) mass is 302 g/mol. The van der Waals surface area contributed by atoms with Crippen LogP contribution in [0.4, 0.5) is 0 Å². The summed E-state index contributed by atoms with van der Waals surface area (Å²) in [6.45, 7) is -0.225. The highest BCUT2D eigenvalue weighted by Gasteiger charge is 2.35. The van der Waals surface area contributed by atoms with Crippen molar-refractivity contribution in [2.24, 2.45) is 0 Å². The molecule has 0 aromatic carbocycles. The van der Waals surface area contributed by atoms with Crippen molar-refractivity contribution in [1.29, 1.82) is 0 Å². The summed E-state index contributed by atoms with van der Waals surface area (Å²) >= 11 is 0. The zero-order chi connectivity index (χ0) is 15.1. The largest absolute Gasteiger partial charge is 0.463 e. The summed E-state index contributed by atoms with van der Waals surface area (Å²) in [6.07, 6.45) is 3.26. The van der Waals surface area contributed by atoms with Gasteiger partial charge in [-0.2, -0.15) is 0 Å². The van der Waals surface area contributed by atoms with E-state index in [1.807, 2.05) is 0 Å². The van der Waals surface area contributed by atoms with E-state index in [2.05, 4.69) is 15.0 Å². The summed E-state index contributed by atoms with van der Waals surface area (Å²) in [5.74, 6) is 0.609. The molecule has 0 saturated carbocycles. The van der Waals surface area contributed by atoms with Crippen LogP contribution in [0.15, 0.2) is 35.5 Å². The minimum Gasteiger partial charge on any atom is -0.463 e. The van der Waals surface area contributed by atoms with Crippen molar-refractivity contribution in [3.63, 3.8) is 0 Å². The van der Waals surface area contributed by atoms with Gasteiger partial charge in [-0.3, -0.25) is 4.57 Å². The van der Waals surface area contributed by atoms with Crippen LogP contribution in [-0.2, 0) is 4.74 Å². The Kier molecular flexibility index (Phi) is 3.14. The summed E-state index contributed by atoms with van der Waals surface area (Å²) in [5, 5.41) is 19.1. The molecule has 1 aliphatic rings. The Bertz CT molecular complexity index is 785. The van der Waals surface area contributed by atoms with E-state index in [9.17, 15) is 10.2 Å². The molecular formula is C14H14N4O4. The van der Waals surface area contributed by atoms with Gasteiger partial charge in [0.1, 0.15) is 29.9 Å². The molecule has 1 aliphatic heterocycles. The first kappa shape index (κ1) is 13.4. The van der Waals surface area contributed by atoms with E-state index in [4.69, 9.17) is 9.15 Å². The van der Waals surface area contributed by atoms with Crippen molar-refractivity contribution in [3.8, 4) is 11.5 Å². The van der Waals surface area contributed by atoms with Crippen LogP contribution in [0.2, 0.25) is 0 Å². The lowest BCUT2D eigenvalue weighted by Crippen LogP contribution is -2.24. The molecule has 1 fully saturated rings. The van der Waals surface area contributed by atoms with Gasteiger partial charge in [0.15, 0.2) is 11.4 Å². The standard InChI is InChI=1S/C14H14N4O4/c19-5-10-8(20)4-11(22-10)18-7-17-13-12(9-2-1-3-21-9)15-6-16-14(13)18/h1-3,6-8,10-11,19-20H,4-5H2/t8-,10+,11+/m0/s1. The zero-order valence-corrected chi connectivity index (χ0v) is 11.5. The number of hydrogen-bond acceptors (Lipinski definition) is 7. The van der Waals surface area contributed by atoms with Gasteiger partial charge < -0.3 is 19.4 Å². The summed E-state index contributed by atoms with van der Waals surface area (Å²) in [7, 11) is 0. The summed E-state index contributed by atoms with van der Waals surface area (Å²) < 4.78 is 12.8. The Balaban J connectivity index is 1.77. The molecule has 0 bridgehead atoms. The third kappa shape index (κ3) is 2.00. The molecule has 8 nitrogen and oxygen atoms in total. The van der Waals surface area contributed by atoms with Gasteiger partial charge >= 0.3 is 0 Å². The van der Waals surface area contributed by atoms with E-state index in [1.54, 1.807) is 29.3 Å². The smallest absolute Gasteiger partial charge is 0.166 e. The number of furan rings is 1. The maximum absolute atomic E-state index is 9.87. The van der Waals surface area contributed by atoms with Crippen molar-refractivity contribution in [3.05, 3.63) is 31.1 Å². The van der Waals surface area contributed by atoms with Gasteiger partial charge in [-0.25, -0.2) is 15.0 Å². The second-order valence-electron chi connectivity index (χ2n) is 5.14. The number of rotatable bonds is 3. The summed E-state index contributed by atoms with van der Waals surface area (Å²) in [4.78, 5) is 12.8. The number of nitrogens with zero attached hydrogens (tertiary/aromatic N) is 4. The first-order valence-electron chi connectivity index (χ1n) is 6.93. The highest BCUT2D eigenvalue weighted by Crippen LogP contribution is 2.32. The van der Waals surface area contributed by atoms with Gasteiger partial charge in [-0.15, -0.1) is 0 Å². The SMILES string of the molecule is OC[C@H]1O[C@@H](n2cnc3c(-c4ccco4)ncnc32)C[C@@H]1O. The van der Waals surface area contributed by atoms with Crippen molar-refractivity contribution >= 4 is 11.2 Å². The van der Waals surface area contributed by atoms with Crippen LogP contribution in [-0.4, -0.2) is 48.5 Å². The lowest BCUT2D eigenvalue weighted by molar-refractivity contribution is -0.0432. The molecule has 1 saturated heterocycles. The van der Waals surface area contributed by atoms with E-state index in [-0.39, 0.29) is 6.61 Å². The molecule has 4 rings (SSSR count). The summed E-state index contributed by atoms with van der Waals surface area (Å²) in [6, 6.07) is 3.58. The average molecular weight is 302 g/mol. The number of imidazole rings is 1. The van der Waals surface area contributed by atoms with E-state index in [0.717, 1.165) is 0 Å². The molecule has 114 valence electrons. The fourth-order valence-electron chi connectivity index (χ4n) is 2.71. The number of aliphatic hydroxyl groups is 2. The quantitative estimate of drug-likeness (QED) is 0.734. The molecule has 0 amide bonds. The molecule has 22 heavy (non-hydrogen) atoms. The number of fused-ring (bicyclic) bond motifs is 1. The molecule has 0 spiro atoms. The minimum atomic E-state index is -0.709. The number of hydrogen-bond donors (Lipinski definition) is 2. The molecule has 4 heterocycles. The van der Waals surface area contributed by atoms with Crippen LogP contribution in [0.5, 0.6) is 0 Å². The Morgan fingerprint density at radius 2 is 2.23 bits per heavy atom. The van der Waals surface area contributed by atoms with Crippen molar-refractivity contribution in [2.45, 2.75) is 24.9 Å². The van der Waals surface area contributed by atoms with Crippen LogP contribution in [0, 0.1) is 0 Å². The predicted molar refractivity (Wildman–Crippen MR) is 74.6 cm³/mol. The molecule has 0 aliphatic carbocycles. The van der Waals surface area contributed by atoms with Crippen LogP contribution in [0.25, 0.3) is 22.6 Å². The van der Waals surface area contributed by atoms with Gasteiger partial charge in [-0.1, -0.05) is 0 Å². The molecule has 3 aromatic rings. The minimum absolute atomic E-state index is 0.225.